The van der Waals surface area contributed by atoms with Gasteiger partial charge in [0.25, 0.3) is 6.47 Å². The summed E-state index contributed by atoms with van der Waals surface area (Å²) in [5.74, 6) is -16.4. The number of phenolic OH excluding ortho intramolecular Hbond substituents is 2. The molecule has 97 heavy (non-hydrogen) atoms. The number of unbranched alkanes of at least 4 members (excludes halogenated alkanes) is 3. The van der Waals surface area contributed by atoms with Gasteiger partial charge in [-0.1, -0.05) is 57.9 Å². The van der Waals surface area contributed by atoms with Gasteiger partial charge < -0.3 is 83.4 Å². The van der Waals surface area contributed by atoms with Crippen molar-refractivity contribution in [1.82, 2.24) is 31.1 Å². The minimum absolute atomic E-state index is 0.00216. The molecule has 0 fully saturated rings. The summed E-state index contributed by atoms with van der Waals surface area (Å²) in [5, 5.41) is 99.9. The van der Waals surface area contributed by atoms with E-state index in [1.807, 2.05) is 5.32 Å². The first-order valence-electron chi connectivity index (χ1n) is 32.0. The van der Waals surface area contributed by atoms with Crippen molar-refractivity contribution >= 4 is 83.1 Å². The number of aryl methyl sites for hydroxylation is 1. The highest BCUT2D eigenvalue weighted by molar-refractivity contribution is 5.98. The van der Waals surface area contributed by atoms with Gasteiger partial charge in [0, 0.05) is 101 Å². The molecule has 0 aliphatic carbocycles. The number of ketones is 4. The van der Waals surface area contributed by atoms with E-state index >= 15 is 0 Å². The standard InChI is InChI=1S/C65H97N9O23/c1-37(2)46(62(93)69-48(12-10-21-68-65(66)67)54(83)29-47(39(4)77)63(94)71-50(35-75)53(82)25-38(3)61(92)70-49(64(95)96)30-57(86)87)28-55(84)60(40(5)78)72-56(85)13-9-7-6-8-11-45(79)17-14-41-15-18-51(80)43(26-41)31-73(33-58(88)89)22-23-74(34-59(90)91)32-44-27-42(16-19-52(44)81)20-24-97-36-76/h15-16,18-19,26-27,36-40,46-50,60,75,77-78,80-81H,6-14,17,20-25,28-35H2,1-5H3,(H,69,93)(H,70,92)(H,71,94)(H,72,85)(H,86,87)(H,88,89)(H,90,91)(H,95,96)(H4,66,67,68)/t38?,39-,40-,46?,47?,48?,49?,50?,60?/m0/s1. The first-order chi connectivity index (χ1) is 45.6. The lowest BCUT2D eigenvalue weighted by Crippen LogP contribution is -2.51. The summed E-state index contributed by atoms with van der Waals surface area (Å²) in [5.41, 5.74) is 13.1. The summed E-state index contributed by atoms with van der Waals surface area (Å²) in [4.78, 5) is 171. The minimum Gasteiger partial charge on any atom is -0.508 e. The third-order valence-corrected chi connectivity index (χ3v) is 15.9. The highest BCUT2D eigenvalue weighted by atomic mass is 16.5. The van der Waals surface area contributed by atoms with Crippen molar-refractivity contribution in [3.8, 4) is 11.5 Å². The molecule has 0 saturated heterocycles. The smallest absolute Gasteiger partial charge is 0.326 e. The van der Waals surface area contributed by atoms with Crippen molar-refractivity contribution in [1.29, 1.82) is 0 Å². The number of nitrogens with one attached hydrogen (secondary N) is 4. The number of nitrogens with zero attached hydrogens (tertiary/aromatic N) is 3. The van der Waals surface area contributed by atoms with E-state index in [9.17, 15) is 103 Å². The largest absolute Gasteiger partial charge is 0.508 e. The Balaban J connectivity index is 2.03. The van der Waals surface area contributed by atoms with Crippen molar-refractivity contribution in [3.05, 3.63) is 58.7 Å². The SMILES string of the molecule is CC(CC(=O)C(CO)NC(=O)C(CC(=O)C(CCCN=C(N)N)NC(=O)C(CC(=O)C(NC(=O)CCCCCCC(=O)CCc1ccc(O)c(CN(CCN(CC(=O)O)Cc2cc(CCOC=O)ccc2O)CC(=O)O)c1)[C@H](C)O)C(C)C)[C@H](C)O)C(=O)NC(CC(=O)O)C(=O)O. The number of phenols is 2. The van der Waals surface area contributed by atoms with Crippen LogP contribution in [0.4, 0.5) is 0 Å². The van der Waals surface area contributed by atoms with Crippen LogP contribution in [0, 0.1) is 23.7 Å². The van der Waals surface area contributed by atoms with E-state index in [1.54, 1.807) is 38.1 Å². The molecule has 540 valence electrons. The predicted molar refractivity (Wildman–Crippen MR) is 347 cm³/mol. The molecule has 0 saturated carbocycles. The summed E-state index contributed by atoms with van der Waals surface area (Å²) in [6, 6.07) is 3.18. The summed E-state index contributed by atoms with van der Waals surface area (Å²) in [6.07, 6.45) is -2.93. The number of aliphatic imine (C=N–C) groups is 1. The highest BCUT2D eigenvalue weighted by Crippen LogP contribution is 2.25. The molecular formula is C65H97N9O23. The number of aliphatic hydroxyl groups excluding tert-OH is 3. The Morgan fingerprint density at radius 1 is 0.577 bits per heavy atom. The second kappa shape index (κ2) is 44.0. The number of carbonyl (C=O) groups excluding carboxylic acids is 9. The van der Waals surface area contributed by atoms with Crippen molar-refractivity contribution in [2.24, 2.45) is 40.1 Å². The van der Waals surface area contributed by atoms with Crippen molar-refractivity contribution in [3.63, 3.8) is 0 Å². The number of benzene rings is 2. The monoisotopic (exact) mass is 1370 g/mol. The number of aliphatic carboxylic acids is 4. The van der Waals surface area contributed by atoms with Gasteiger partial charge in [-0.2, -0.15) is 0 Å². The van der Waals surface area contributed by atoms with Crippen LogP contribution in [-0.2, 0) is 93.0 Å². The van der Waals surface area contributed by atoms with E-state index in [-0.39, 0.29) is 94.7 Å². The lowest BCUT2D eigenvalue weighted by Gasteiger charge is -2.28. The maximum absolute atomic E-state index is 14.1. The van der Waals surface area contributed by atoms with Crippen LogP contribution < -0.4 is 32.7 Å². The van der Waals surface area contributed by atoms with Crippen LogP contribution >= 0.6 is 0 Å². The third kappa shape index (κ3) is 33.0. The molecule has 2 rings (SSSR count). The summed E-state index contributed by atoms with van der Waals surface area (Å²) < 4.78 is 4.75. The molecule has 0 heterocycles. The molecule has 0 radical (unpaired) electrons. The molecule has 0 aliphatic heterocycles. The average Bonchev–Trinajstić information content (AvgIpc) is 1.12. The maximum atomic E-state index is 14.1. The van der Waals surface area contributed by atoms with Crippen LogP contribution in [0.25, 0.3) is 0 Å². The molecule has 9 atom stereocenters. The number of aliphatic hydroxyl groups is 3. The molecule has 2 aromatic rings. The molecule has 0 aliphatic rings. The maximum Gasteiger partial charge on any atom is 0.326 e. The zero-order chi connectivity index (χ0) is 73.1. The zero-order valence-electron chi connectivity index (χ0n) is 55.5. The van der Waals surface area contributed by atoms with Gasteiger partial charge in [-0.25, -0.2) is 4.79 Å². The molecule has 0 aromatic heterocycles. The number of rotatable bonds is 52. The van der Waals surface area contributed by atoms with Gasteiger partial charge in [0.05, 0.1) is 56.9 Å². The van der Waals surface area contributed by atoms with Gasteiger partial charge in [-0.3, -0.25) is 72.3 Å². The van der Waals surface area contributed by atoms with E-state index in [0.717, 1.165) is 5.56 Å². The first-order valence-corrected chi connectivity index (χ1v) is 32.0. The number of carboxylic acids is 4. The summed E-state index contributed by atoms with van der Waals surface area (Å²) >= 11 is 0. The second-order valence-corrected chi connectivity index (χ2v) is 24.5. The van der Waals surface area contributed by atoms with Crippen molar-refractivity contribution in [2.45, 2.75) is 180 Å². The normalized spacial score (nSPS) is 14.1. The van der Waals surface area contributed by atoms with Crippen LogP contribution in [0.3, 0.4) is 0 Å². The first kappa shape index (κ1) is 84.1. The van der Waals surface area contributed by atoms with Crippen LogP contribution in [0.15, 0.2) is 41.4 Å². The number of ether oxygens (including phenoxy) is 1. The van der Waals surface area contributed by atoms with Gasteiger partial charge in [0.2, 0.25) is 23.6 Å². The van der Waals surface area contributed by atoms with E-state index in [0.29, 0.717) is 61.7 Å². The topological polar surface area (TPSA) is 532 Å². The minimum atomic E-state index is -1.82. The summed E-state index contributed by atoms with van der Waals surface area (Å²) in [6.45, 7) is 5.50. The number of Topliss-reactive ketones (excluding diaryl/α,β-unsaturated/α-hetero) is 4. The number of carboxylic acid groups (broad SMARTS) is 4. The fourth-order valence-corrected chi connectivity index (χ4v) is 10.4. The third-order valence-electron chi connectivity index (χ3n) is 15.9. The van der Waals surface area contributed by atoms with Crippen LogP contribution in [0.1, 0.15) is 140 Å². The molecule has 7 unspecified atom stereocenters. The number of hydrogen-bond donors (Lipinski definition) is 15. The molecule has 0 spiro atoms. The van der Waals surface area contributed by atoms with Crippen LogP contribution in [0.5, 0.6) is 11.5 Å². The number of hydrogen-bond acceptors (Lipinski definition) is 22. The Kier molecular flexibility index (Phi) is 38.1. The van der Waals surface area contributed by atoms with E-state index in [2.05, 4.69) is 20.9 Å². The predicted octanol–water partition coefficient (Wildman–Crippen LogP) is -0.163. The molecule has 2 aromatic carbocycles. The fraction of sp³-hybridized carbons (Fsp3) is 0.600. The van der Waals surface area contributed by atoms with Crippen molar-refractivity contribution in [2.75, 3.05) is 45.9 Å². The molecule has 4 amide bonds. The molecule has 0 bridgehead atoms. The van der Waals surface area contributed by atoms with Crippen LogP contribution in [0.2, 0.25) is 0 Å². The lowest BCUT2D eigenvalue weighted by atomic mass is 9.86. The zero-order valence-corrected chi connectivity index (χ0v) is 55.5. The Morgan fingerprint density at radius 3 is 1.59 bits per heavy atom. The van der Waals surface area contributed by atoms with Gasteiger partial charge >= 0.3 is 23.9 Å². The van der Waals surface area contributed by atoms with Gasteiger partial charge in [-0.05, 0) is 75.1 Å². The van der Waals surface area contributed by atoms with E-state index < -0.39 is 170 Å². The number of aromatic hydroxyl groups is 2. The van der Waals surface area contributed by atoms with Gasteiger partial charge in [-0.15, -0.1) is 0 Å². The second-order valence-electron chi connectivity index (χ2n) is 24.5. The number of guanidine groups is 1. The number of amides is 4. The van der Waals surface area contributed by atoms with E-state index in [1.165, 1.54) is 42.7 Å². The van der Waals surface area contributed by atoms with E-state index in [4.69, 9.17) is 21.3 Å². The summed E-state index contributed by atoms with van der Waals surface area (Å²) in [7, 11) is 0. The Bertz CT molecular complexity index is 3030. The van der Waals surface area contributed by atoms with Gasteiger partial charge in [0.15, 0.2) is 23.3 Å². The number of carbonyl (C=O) groups is 13. The average molecular weight is 1370 g/mol. The Morgan fingerprint density at radius 2 is 1.09 bits per heavy atom. The molecule has 17 N–H and O–H groups in total. The molecule has 32 nitrogen and oxygen atoms in total. The van der Waals surface area contributed by atoms with Crippen molar-refractivity contribution < 1.29 is 113 Å². The quantitative estimate of drug-likeness (QED) is 0.0177. The molecule has 32 heteroatoms. The fourth-order valence-electron chi connectivity index (χ4n) is 10.4. The lowest BCUT2D eigenvalue weighted by molar-refractivity contribution is -0.147. The van der Waals surface area contributed by atoms with Gasteiger partial charge in [0.1, 0.15) is 35.4 Å². The van der Waals surface area contributed by atoms with Crippen LogP contribution in [-0.4, -0.2) is 221 Å². The number of nitrogens with two attached hydrogens (primary N) is 2. The molecular weight excluding hydrogens is 1270 g/mol. The Hall–Kier alpha value is -8.98. The Labute approximate surface area is 561 Å². The highest BCUT2D eigenvalue weighted by Gasteiger charge is 2.37.